The van der Waals surface area contributed by atoms with Crippen molar-refractivity contribution in [3.8, 4) is 0 Å². The van der Waals surface area contributed by atoms with Gasteiger partial charge >= 0.3 is 0 Å². The van der Waals surface area contributed by atoms with E-state index in [9.17, 15) is 19.8 Å². The molecule has 0 aromatic heterocycles. The van der Waals surface area contributed by atoms with Crippen LogP contribution in [0.15, 0.2) is 0 Å². The Morgan fingerprint density at radius 3 is 1.24 bits per heavy atom. The maximum Gasteiger partial charge on any atom is 0.236 e. The van der Waals surface area contributed by atoms with Crippen LogP contribution in [0.3, 0.4) is 0 Å². The number of aliphatic hydroxyl groups is 2. The fourth-order valence-electron chi connectivity index (χ4n) is 6.57. The molecule has 0 aromatic carbocycles. The topological polar surface area (TPSA) is 98.7 Å². The molecule has 33 heavy (non-hydrogen) atoms. The number of amides is 2. The second kappa shape index (κ2) is 10.6. The van der Waals surface area contributed by atoms with Crippen molar-refractivity contribution < 1.29 is 19.8 Å². The van der Waals surface area contributed by atoms with Crippen LogP contribution in [0.25, 0.3) is 0 Å². The number of rotatable bonds is 10. The normalized spacial score (nSPS) is 25.3. The van der Waals surface area contributed by atoms with Crippen LogP contribution in [0.1, 0.15) is 118 Å². The number of hydrogen-bond acceptors (Lipinski definition) is 4. The van der Waals surface area contributed by atoms with E-state index in [0.717, 1.165) is 38.5 Å². The van der Waals surface area contributed by atoms with E-state index in [0.29, 0.717) is 63.2 Å². The van der Waals surface area contributed by atoms with Crippen LogP contribution in [-0.4, -0.2) is 45.3 Å². The quantitative estimate of drug-likeness (QED) is 0.364. The molecule has 3 aliphatic rings. The van der Waals surface area contributed by atoms with Crippen molar-refractivity contribution >= 4 is 11.8 Å². The van der Waals surface area contributed by atoms with Gasteiger partial charge < -0.3 is 20.8 Å². The van der Waals surface area contributed by atoms with Crippen molar-refractivity contribution in [1.29, 1.82) is 0 Å². The predicted molar refractivity (Wildman–Crippen MR) is 131 cm³/mol. The number of carbonyl (C=O) groups is 2. The summed E-state index contributed by atoms with van der Waals surface area (Å²) < 4.78 is 0. The van der Waals surface area contributed by atoms with Gasteiger partial charge in [-0.05, 0) is 63.2 Å². The fraction of sp³-hybridized carbons (Fsp3) is 0.926. The van der Waals surface area contributed by atoms with Gasteiger partial charge in [-0.1, -0.05) is 66.2 Å². The summed E-state index contributed by atoms with van der Waals surface area (Å²) in [5, 5.41) is 28.9. The first-order valence-electron chi connectivity index (χ1n) is 13.6. The first-order valence-corrected chi connectivity index (χ1v) is 13.6. The minimum Gasteiger partial charge on any atom is -0.388 e. The maximum atomic E-state index is 13.8. The van der Waals surface area contributed by atoms with Gasteiger partial charge in [0.15, 0.2) is 0 Å². The Morgan fingerprint density at radius 2 is 0.939 bits per heavy atom. The summed E-state index contributed by atoms with van der Waals surface area (Å²) in [5.74, 6) is 0.205. The highest BCUT2D eigenvalue weighted by Gasteiger charge is 2.52. The standard InChI is InChI=1S/C27H48N2O4/c1-19(2)17-21(26(32)13-7-8-14-26)28-23(30)25(11-5-6-12-25)24(31)29-22(18-20(3)4)27(33)15-9-10-16-27/h19-22,32-33H,5-18H2,1-4H3,(H,28,30)(H,29,31)/t21-,22-/m1/s1. The highest BCUT2D eigenvalue weighted by Crippen LogP contribution is 2.42. The van der Waals surface area contributed by atoms with Gasteiger partial charge in [-0.15, -0.1) is 0 Å². The second-order valence-electron chi connectivity index (χ2n) is 12.2. The van der Waals surface area contributed by atoms with E-state index in [1.807, 2.05) is 0 Å². The molecule has 0 saturated heterocycles. The Bertz CT molecular complexity index is 620. The van der Waals surface area contributed by atoms with Crippen LogP contribution in [0.4, 0.5) is 0 Å². The molecule has 0 spiro atoms. The highest BCUT2D eigenvalue weighted by molar-refractivity contribution is 6.05. The van der Waals surface area contributed by atoms with Gasteiger partial charge in [0, 0.05) is 0 Å². The van der Waals surface area contributed by atoms with Gasteiger partial charge in [-0.2, -0.15) is 0 Å². The average Bonchev–Trinajstić information content (AvgIpc) is 3.48. The Hall–Kier alpha value is -1.14. The van der Waals surface area contributed by atoms with Gasteiger partial charge in [0.1, 0.15) is 5.41 Å². The monoisotopic (exact) mass is 464 g/mol. The van der Waals surface area contributed by atoms with Gasteiger partial charge in [-0.3, -0.25) is 9.59 Å². The first-order chi connectivity index (χ1) is 15.5. The van der Waals surface area contributed by atoms with Crippen LogP contribution < -0.4 is 10.6 Å². The Kier molecular flexibility index (Phi) is 8.53. The highest BCUT2D eigenvalue weighted by atomic mass is 16.3. The summed E-state index contributed by atoms with van der Waals surface area (Å²) in [6, 6.07) is -0.661. The molecule has 0 unspecified atom stereocenters. The summed E-state index contributed by atoms with van der Waals surface area (Å²) in [5.41, 5.74) is -2.86. The van der Waals surface area contributed by atoms with Gasteiger partial charge in [0.2, 0.25) is 11.8 Å². The SMILES string of the molecule is CC(C)C[C@@H](NC(=O)C1(C(=O)N[C@H](CC(C)C)C2(O)CCCC2)CCCC1)C1(O)CCCC1. The molecule has 0 radical (unpaired) electrons. The van der Waals surface area contributed by atoms with E-state index in [2.05, 4.69) is 38.3 Å². The molecular formula is C27H48N2O4. The molecule has 6 nitrogen and oxygen atoms in total. The molecule has 2 amide bonds. The van der Waals surface area contributed by atoms with E-state index in [4.69, 9.17) is 0 Å². The van der Waals surface area contributed by atoms with Crippen molar-refractivity contribution in [2.45, 2.75) is 141 Å². The Morgan fingerprint density at radius 1 is 0.636 bits per heavy atom. The molecule has 190 valence electrons. The van der Waals surface area contributed by atoms with Crippen molar-refractivity contribution in [2.75, 3.05) is 0 Å². The third-order valence-corrected chi connectivity index (χ3v) is 8.59. The summed E-state index contributed by atoms with van der Waals surface area (Å²) in [4.78, 5) is 27.5. The van der Waals surface area contributed by atoms with Crippen LogP contribution >= 0.6 is 0 Å². The zero-order valence-corrected chi connectivity index (χ0v) is 21.4. The van der Waals surface area contributed by atoms with Gasteiger partial charge in [0.25, 0.3) is 0 Å². The zero-order chi connectivity index (χ0) is 24.3. The number of nitrogens with one attached hydrogen (secondary N) is 2. The predicted octanol–water partition coefficient (Wildman–Crippen LogP) is 4.22. The average molecular weight is 465 g/mol. The zero-order valence-electron chi connectivity index (χ0n) is 21.4. The molecule has 0 aromatic rings. The van der Waals surface area contributed by atoms with Gasteiger partial charge in [0.05, 0.1) is 23.3 Å². The van der Waals surface area contributed by atoms with E-state index in [1.165, 1.54) is 0 Å². The summed E-state index contributed by atoms with van der Waals surface area (Å²) in [6.07, 6.45) is 10.9. The third kappa shape index (κ3) is 5.93. The third-order valence-electron chi connectivity index (χ3n) is 8.59. The summed E-state index contributed by atoms with van der Waals surface area (Å²) in [7, 11) is 0. The minimum atomic E-state index is -1.10. The van der Waals surface area contributed by atoms with Crippen molar-refractivity contribution in [3.63, 3.8) is 0 Å². The van der Waals surface area contributed by atoms with Crippen molar-refractivity contribution in [3.05, 3.63) is 0 Å². The second-order valence-corrected chi connectivity index (χ2v) is 12.2. The molecule has 0 aliphatic heterocycles. The fourth-order valence-corrected chi connectivity index (χ4v) is 6.57. The largest absolute Gasteiger partial charge is 0.388 e. The molecule has 3 aliphatic carbocycles. The van der Waals surface area contributed by atoms with Crippen molar-refractivity contribution in [2.24, 2.45) is 17.3 Å². The van der Waals surface area contributed by atoms with Crippen LogP contribution in [-0.2, 0) is 9.59 Å². The Labute approximate surface area is 200 Å². The lowest BCUT2D eigenvalue weighted by Gasteiger charge is -2.39. The molecule has 3 fully saturated rings. The minimum absolute atomic E-state index is 0.231. The van der Waals surface area contributed by atoms with Crippen LogP contribution in [0.2, 0.25) is 0 Å². The van der Waals surface area contributed by atoms with E-state index in [-0.39, 0.29) is 23.9 Å². The van der Waals surface area contributed by atoms with Gasteiger partial charge in [-0.25, -0.2) is 0 Å². The van der Waals surface area contributed by atoms with Crippen LogP contribution in [0, 0.1) is 17.3 Å². The number of carbonyl (C=O) groups excluding carboxylic acids is 2. The Balaban J connectivity index is 1.79. The molecular weight excluding hydrogens is 416 g/mol. The maximum absolute atomic E-state index is 13.8. The molecule has 3 saturated carbocycles. The van der Waals surface area contributed by atoms with E-state index < -0.39 is 16.6 Å². The van der Waals surface area contributed by atoms with E-state index in [1.54, 1.807) is 0 Å². The lowest BCUT2D eigenvalue weighted by molar-refractivity contribution is -0.147. The first kappa shape index (κ1) is 26.5. The lowest BCUT2D eigenvalue weighted by Crippen LogP contribution is -2.61. The molecule has 3 rings (SSSR count). The molecule has 0 heterocycles. The van der Waals surface area contributed by atoms with E-state index >= 15 is 0 Å². The summed E-state index contributed by atoms with van der Waals surface area (Å²) >= 11 is 0. The summed E-state index contributed by atoms with van der Waals surface area (Å²) in [6.45, 7) is 8.42. The lowest BCUT2D eigenvalue weighted by atomic mass is 9.80. The molecule has 2 atom stereocenters. The molecule has 4 N–H and O–H groups in total. The molecule has 6 heteroatoms. The molecule has 0 bridgehead atoms. The smallest absolute Gasteiger partial charge is 0.236 e. The van der Waals surface area contributed by atoms with Crippen molar-refractivity contribution in [1.82, 2.24) is 10.6 Å². The number of hydrogen-bond donors (Lipinski definition) is 4. The van der Waals surface area contributed by atoms with Crippen LogP contribution in [0.5, 0.6) is 0 Å².